The standard InChI is InChI=1S/C22H20N2O2.C5H10/c1-3-17-18(12-14-9-5-4-8-13(14)2)24-20-19(23-17)21(25)15-10-6-7-11-16(15)22(20)26;1-2-4-5-3-1/h3,6-7,10-13H,1,4-5,8-9H2,2H3;1-5H2/b14-12-;. The number of carbonyl (C=O) groups is 2. The molecule has 4 nitrogen and oxygen atoms in total. The Bertz CT molecular complexity index is 1040. The number of rotatable bonds is 2. The molecule has 0 aliphatic heterocycles. The first-order valence-electron chi connectivity index (χ1n) is 11.5. The maximum absolute atomic E-state index is 12.9. The molecule has 2 aromatic rings. The zero-order valence-corrected chi connectivity index (χ0v) is 18.3. The Balaban J connectivity index is 0.000000407. The lowest BCUT2D eigenvalue weighted by atomic mass is 9.85. The molecule has 2 fully saturated rings. The minimum absolute atomic E-state index is 0.127. The second-order valence-corrected chi connectivity index (χ2v) is 8.73. The maximum Gasteiger partial charge on any atom is 0.214 e. The average molecular weight is 415 g/mol. The summed E-state index contributed by atoms with van der Waals surface area (Å²) in [6.07, 6.45) is 15.7. The molecule has 3 aliphatic rings. The molecule has 3 aliphatic carbocycles. The maximum atomic E-state index is 12.9. The van der Waals surface area contributed by atoms with Crippen molar-refractivity contribution >= 4 is 23.7 Å². The fourth-order valence-corrected chi connectivity index (χ4v) is 4.65. The van der Waals surface area contributed by atoms with Crippen LogP contribution in [0.1, 0.15) is 108 Å². The first-order chi connectivity index (χ1) is 15.1. The van der Waals surface area contributed by atoms with Gasteiger partial charge < -0.3 is 0 Å². The van der Waals surface area contributed by atoms with Crippen molar-refractivity contribution in [2.45, 2.75) is 64.7 Å². The lowest BCUT2D eigenvalue weighted by molar-refractivity contribution is 0.0971. The number of nitrogens with zero attached hydrogens (tertiary/aromatic N) is 2. The Kier molecular flexibility index (Phi) is 6.55. The van der Waals surface area contributed by atoms with E-state index in [0.29, 0.717) is 28.4 Å². The molecule has 31 heavy (non-hydrogen) atoms. The molecular formula is C27H30N2O2. The average Bonchev–Trinajstić information content (AvgIpc) is 3.39. The zero-order chi connectivity index (χ0) is 21.8. The van der Waals surface area contributed by atoms with Crippen molar-refractivity contribution in [3.05, 3.63) is 70.3 Å². The first kappa shape index (κ1) is 21.4. The highest BCUT2D eigenvalue weighted by atomic mass is 16.1. The summed E-state index contributed by atoms with van der Waals surface area (Å²) in [6, 6.07) is 6.84. The Morgan fingerprint density at radius 2 is 1.39 bits per heavy atom. The summed E-state index contributed by atoms with van der Waals surface area (Å²) in [7, 11) is 0. The van der Waals surface area contributed by atoms with Crippen LogP contribution in [0.2, 0.25) is 0 Å². The van der Waals surface area contributed by atoms with E-state index in [1.165, 1.54) is 56.9 Å². The number of benzene rings is 1. The molecule has 1 atom stereocenters. The van der Waals surface area contributed by atoms with Crippen molar-refractivity contribution in [2.24, 2.45) is 5.92 Å². The Morgan fingerprint density at radius 1 is 0.839 bits per heavy atom. The van der Waals surface area contributed by atoms with Crippen molar-refractivity contribution in [3.8, 4) is 0 Å². The third-order valence-corrected chi connectivity index (χ3v) is 6.55. The lowest BCUT2D eigenvalue weighted by Gasteiger charge is -2.22. The van der Waals surface area contributed by atoms with Gasteiger partial charge in [0.1, 0.15) is 11.4 Å². The summed E-state index contributed by atoms with van der Waals surface area (Å²) in [5.74, 6) is 0.00278. The van der Waals surface area contributed by atoms with E-state index < -0.39 is 0 Å². The molecule has 1 aromatic heterocycles. The van der Waals surface area contributed by atoms with Gasteiger partial charge in [-0.2, -0.15) is 0 Å². The van der Waals surface area contributed by atoms with E-state index in [1.807, 2.05) is 6.08 Å². The summed E-state index contributed by atoms with van der Waals surface area (Å²) in [5, 5.41) is 0. The van der Waals surface area contributed by atoms with Crippen LogP contribution in [-0.4, -0.2) is 21.5 Å². The van der Waals surface area contributed by atoms with Gasteiger partial charge in [-0.1, -0.05) is 81.9 Å². The van der Waals surface area contributed by atoms with Crippen LogP contribution in [0.3, 0.4) is 0 Å². The monoisotopic (exact) mass is 414 g/mol. The largest absolute Gasteiger partial charge is 0.287 e. The molecule has 1 heterocycles. The van der Waals surface area contributed by atoms with Gasteiger partial charge in [0.05, 0.1) is 11.4 Å². The summed E-state index contributed by atoms with van der Waals surface area (Å²) in [6.45, 7) is 6.03. The van der Waals surface area contributed by atoms with E-state index in [1.54, 1.807) is 30.3 Å². The molecule has 1 unspecified atom stereocenters. The van der Waals surface area contributed by atoms with E-state index in [2.05, 4.69) is 23.5 Å². The van der Waals surface area contributed by atoms with Crippen LogP contribution >= 0.6 is 0 Å². The minimum Gasteiger partial charge on any atom is -0.287 e. The van der Waals surface area contributed by atoms with Gasteiger partial charge in [-0.15, -0.1) is 0 Å². The Labute approximate surface area is 184 Å². The summed E-state index contributed by atoms with van der Waals surface area (Å²) >= 11 is 0. The molecule has 1 aromatic carbocycles. The van der Waals surface area contributed by atoms with E-state index in [9.17, 15) is 9.59 Å². The quantitative estimate of drug-likeness (QED) is 0.484. The second kappa shape index (κ2) is 9.51. The number of hydrogen-bond acceptors (Lipinski definition) is 4. The first-order valence-corrected chi connectivity index (χ1v) is 11.5. The van der Waals surface area contributed by atoms with Crippen molar-refractivity contribution in [1.29, 1.82) is 0 Å². The molecule has 0 saturated heterocycles. The SMILES string of the molecule is C1CCCC1.C=Cc1nc2c(nc1/C=C1/CCCCC1C)C(=O)c1ccccc1C2=O. The summed E-state index contributed by atoms with van der Waals surface area (Å²) in [5.41, 5.74) is 3.56. The predicted octanol–water partition coefficient (Wildman–Crippen LogP) is 6.44. The van der Waals surface area contributed by atoms with E-state index >= 15 is 0 Å². The number of aromatic nitrogens is 2. The number of allylic oxidation sites excluding steroid dienone is 1. The fourth-order valence-electron chi connectivity index (χ4n) is 4.65. The van der Waals surface area contributed by atoms with Gasteiger partial charge in [0.2, 0.25) is 11.6 Å². The van der Waals surface area contributed by atoms with Gasteiger partial charge in [0.25, 0.3) is 0 Å². The highest BCUT2D eigenvalue weighted by Gasteiger charge is 2.33. The van der Waals surface area contributed by atoms with E-state index in [4.69, 9.17) is 0 Å². The third kappa shape index (κ3) is 4.43. The molecule has 5 rings (SSSR count). The lowest BCUT2D eigenvalue weighted by Crippen LogP contribution is -2.25. The molecule has 0 amide bonds. The van der Waals surface area contributed by atoms with Crippen molar-refractivity contribution < 1.29 is 9.59 Å². The molecule has 0 spiro atoms. The van der Waals surface area contributed by atoms with Crippen LogP contribution < -0.4 is 0 Å². The van der Waals surface area contributed by atoms with Gasteiger partial charge >= 0.3 is 0 Å². The number of carbonyl (C=O) groups excluding carboxylic acids is 2. The second-order valence-electron chi connectivity index (χ2n) is 8.73. The minimum atomic E-state index is -0.254. The van der Waals surface area contributed by atoms with Gasteiger partial charge in [0, 0.05) is 11.1 Å². The molecule has 4 heteroatoms. The van der Waals surface area contributed by atoms with Crippen LogP contribution in [0.5, 0.6) is 0 Å². The van der Waals surface area contributed by atoms with Crippen molar-refractivity contribution in [1.82, 2.24) is 9.97 Å². The highest BCUT2D eigenvalue weighted by molar-refractivity contribution is 6.27. The summed E-state index contributed by atoms with van der Waals surface area (Å²) < 4.78 is 0. The normalized spacial score (nSPS) is 21.2. The summed E-state index contributed by atoms with van der Waals surface area (Å²) in [4.78, 5) is 34.7. The Hall–Kier alpha value is -2.88. The third-order valence-electron chi connectivity index (χ3n) is 6.55. The smallest absolute Gasteiger partial charge is 0.214 e. The number of hydrogen-bond donors (Lipinski definition) is 0. The molecular weight excluding hydrogens is 384 g/mol. The van der Waals surface area contributed by atoms with Gasteiger partial charge in [-0.3, -0.25) is 9.59 Å². The van der Waals surface area contributed by atoms with Crippen LogP contribution in [0.4, 0.5) is 0 Å². The van der Waals surface area contributed by atoms with Crippen molar-refractivity contribution in [3.63, 3.8) is 0 Å². The highest BCUT2D eigenvalue weighted by Crippen LogP contribution is 2.32. The zero-order valence-electron chi connectivity index (χ0n) is 18.3. The topological polar surface area (TPSA) is 59.9 Å². The van der Waals surface area contributed by atoms with Crippen LogP contribution in [0, 0.1) is 5.92 Å². The van der Waals surface area contributed by atoms with Crippen LogP contribution in [0.25, 0.3) is 12.2 Å². The van der Waals surface area contributed by atoms with Crippen molar-refractivity contribution in [2.75, 3.05) is 0 Å². The van der Waals surface area contributed by atoms with E-state index in [-0.39, 0.29) is 23.0 Å². The van der Waals surface area contributed by atoms with Crippen LogP contribution in [-0.2, 0) is 0 Å². The van der Waals surface area contributed by atoms with Gasteiger partial charge in [-0.05, 0) is 37.3 Å². The molecule has 0 radical (unpaired) electrons. The van der Waals surface area contributed by atoms with E-state index in [0.717, 1.165) is 6.42 Å². The van der Waals surface area contributed by atoms with Crippen LogP contribution in [0.15, 0.2) is 36.4 Å². The molecule has 0 N–H and O–H groups in total. The number of ketones is 2. The molecule has 160 valence electrons. The van der Waals surface area contributed by atoms with Gasteiger partial charge in [0.15, 0.2) is 0 Å². The predicted molar refractivity (Wildman–Crippen MR) is 124 cm³/mol. The fraction of sp³-hybridized carbons (Fsp3) is 0.407. The Morgan fingerprint density at radius 3 is 1.90 bits per heavy atom. The van der Waals surface area contributed by atoms with Gasteiger partial charge in [-0.25, -0.2) is 9.97 Å². The number of fused-ring (bicyclic) bond motifs is 2. The molecule has 2 saturated carbocycles. The molecule has 0 bridgehead atoms.